The fraction of sp³-hybridized carbons (Fsp3) is 0.393. The van der Waals surface area contributed by atoms with E-state index in [0.29, 0.717) is 47.6 Å². The van der Waals surface area contributed by atoms with E-state index >= 15 is 0 Å². The van der Waals surface area contributed by atoms with E-state index in [1.807, 2.05) is 12.1 Å². The summed E-state index contributed by atoms with van der Waals surface area (Å²) in [5, 5.41) is 7.49. The van der Waals surface area contributed by atoms with Gasteiger partial charge >= 0.3 is 0 Å². The van der Waals surface area contributed by atoms with Crippen LogP contribution in [0.25, 0.3) is 10.9 Å². The molecule has 4 rings (SSSR count). The predicted octanol–water partition coefficient (Wildman–Crippen LogP) is 3.61. The number of hydrogen-bond donors (Lipinski definition) is 2. The highest BCUT2D eigenvalue weighted by Gasteiger charge is 2.25. The van der Waals surface area contributed by atoms with Gasteiger partial charge in [-0.1, -0.05) is 19.9 Å². The molecule has 2 heterocycles. The average molecular weight is 538 g/mol. The van der Waals surface area contributed by atoms with Gasteiger partial charge in [-0.15, -0.1) is 0 Å². The molecule has 3 aromatic rings. The lowest BCUT2D eigenvalue weighted by atomic mass is 10.2. The van der Waals surface area contributed by atoms with Gasteiger partial charge in [-0.3, -0.25) is 14.8 Å². The largest absolute Gasteiger partial charge is 0.493 e. The Morgan fingerprint density at radius 2 is 2.05 bits per heavy atom. The molecule has 0 saturated carbocycles. The molecule has 0 fully saturated rings. The summed E-state index contributed by atoms with van der Waals surface area (Å²) in [5.41, 5.74) is 7.48. The Balaban J connectivity index is 1.51. The summed E-state index contributed by atoms with van der Waals surface area (Å²) in [6.45, 7) is 7.25. The van der Waals surface area contributed by atoms with Crippen LogP contribution >= 0.6 is 0 Å². The third-order valence-corrected chi connectivity index (χ3v) is 6.18. The topological polar surface area (TPSA) is 109 Å². The molecule has 1 aromatic heterocycles. The Hall–Kier alpha value is -4.12. The highest BCUT2D eigenvalue weighted by atomic mass is 19.1. The van der Waals surface area contributed by atoms with Crippen molar-refractivity contribution in [3.05, 3.63) is 60.4 Å². The summed E-state index contributed by atoms with van der Waals surface area (Å²) in [5.74, 6) is 1.49. The first-order valence-corrected chi connectivity index (χ1v) is 12.9. The van der Waals surface area contributed by atoms with Gasteiger partial charge in [0.05, 0.1) is 37.2 Å². The molecule has 2 aromatic carbocycles. The number of amides is 1. The molecule has 0 spiro atoms. The molecule has 0 radical (unpaired) electrons. The molecule has 0 saturated heterocycles. The number of nitrogens with zero attached hydrogens (tertiary/aromatic N) is 5. The van der Waals surface area contributed by atoms with Crippen molar-refractivity contribution >= 4 is 28.3 Å². The first-order valence-electron chi connectivity index (χ1n) is 12.9. The lowest BCUT2D eigenvalue weighted by Gasteiger charge is -2.29. The van der Waals surface area contributed by atoms with E-state index in [0.717, 1.165) is 30.6 Å². The Labute approximate surface area is 228 Å². The van der Waals surface area contributed by atoms with Crippen LogP contribution in [0.3, 0.4) is 0 Å². The fourth-order valence-electron chi connectivity index (χ4n) is 4.60. The Morgan fingerprint density at radius 3 is 2.77 bits per heavy atom. The molecule has 10 nitrogen and oxygen atoms in total. The zero-order valence-corrected chi connectivity index (χ0v) is 22.9. The number of hydrogen-bond acceptors (Lipinski definition) is 9. The Morgan fingerprint density at radius 1 is 1.23 bits per heavy atom. The van der Waals surface area contributed by atoms with Gasteiger partial charge in [0.1, 0.15) is 24.5 Å². The maximum absolute atomic E-state index is 13.9. The van der Waals surface area contributed by atoms with E-state index < -0.39 is 5.91 Å². The van der Waals surface area contributed by atoms with Crippen LogP contribution in [0.4, 0.5) is 15.9 Å². The summed E-state index contributed by atoms with van der Waals surface area (Å²) in [4.78, 5) is 22.9. The number of fused-ring (bicyclic) bond motifs is 1. The molecule has 1 amide bonds. The number of halogens is 1. The number of aromatic nitrogens is 2. The number of rotatable bonds is 13. The third-order valence-electron chi connectivity index (χ3n) is 6.18. The SMILES string of the molecule is COc1cc2c(NC3=CN(CC(N)=O)N(c4cccc(F)c4)C3)ncnc2cc1OCCCN(C)CC(C)C. The molecule has 0 bridgehead atoms. The van der Waals surface area contributed by atoms with Crippen molar-refractivity contribution in [2.45, 2.75) is 20.3 Å². The average Bonchev–Trinajstić information content (AvgIpc) is 3.27. The number of benzene rings is 2. The van der Waals surface area contributed by atoms with Crippen molar-refractivity contribution in [2.24, 2.45) is 11.7 Å². The zero-order chi connectivity index (χ0) is 27.9. The quantitative estimate of drug-likeness (QED) is 0.316. The maximum Gasteiger partial charge on any atom is 0.239 e. The summed E-state index contributed by atoms with van der Waals surface area (Å²) in [6, 6.07) is 9.85. The number of hydrazine groups is 1. The molecular formula is C28H36FN7O3. The lowest BCUT2D eigenvalue weighted by molar-refractivity contribution is -0.118. The highest BCUT2D eigenvalue weighted by molar-refractivity contribution is 5.92. The van der Waals surface area contributed by atoms with Crippen molar-refractivity contribution in [3.8, 4) is 11.5 Å². The molecule has 39 heavy (non-hydrogen) atoms. The van der Waals surface area contributed by atoms with Crippen LogP contribution in [0.2, 0.25) is 0 Å². The number of anilines is 2. The van der Waals surface area contributed by atoms with Crippen LogP contribution in [0.1, 0.15) is 20.3 Å². The van der Waals surface area contributed by atoms with Crippen LogP contribution in [-0.2, 0) is 4.79 Å². The number of carbonyl (C=O) groups excluding carboxylic acids is 1. The number of nitrogens with two attached hydrogens (primary N) is 1. The fourth-order valence-corrected chi connectivity index (χ4v) is 4.60. The van der Waals surface area contributed by atoms with Crippen LogP contribution in [-0.4, -0.2) is 72.7 Å². The summed E-state index contributed by atoms with van der Waals surface area (Å²) in [6.07, 6.45) is 4.12. The first kappa shape index (κ1) is 27.9. The van der Waals surface area contributed by atoms with Crippen molar-refractivity contribution in [1.82, 2.24) is 19.9 Å². The molecule has 0 aliphatic carbocycles. The predicted molar refractivity (Wildman–Crippen MR) is 150 cm³/mol. The van der Waals surface area contributed by atoms with Gasteiger partial charge < -0.3 is 25.4 Å². The van der Waals surface area contributed by atoms with Crippen molar-refractivity contribution in [3.63, 3.8) is 0 Å². The minimum Gasteiger partial charge on any atom is -0.493 e. The summed E-state index contributed by atoms with van der Waals surface area (Å²) < 4.78 is 25.6. The molecule has 208 valence electrons. The van der Waals surface area contributed by atoms with Gasteiger partial charge in [-0.05, 0) is 43.7 Å². The normalized spacial score (nSPS) is 13.4. The molecule has 1 aliphatic heterocycles. The maximum atomic E-state index is 13.9. The highest BCUT2D eigenvalue weighted by Crippen LogP contribution is 2.35. The molecule has 3 N–H and O–H groups in total. The monoisotopic (exact) mass is 537 g/mol. The number of carbonyl (C=O) groups is 1. The first-order chi connectivity index (χ1) is 18.7. The summed E-state index contributed by atoms with van der Waals surface area (Å²) in [7, 11) is 3.71. The summed E-state index contributed by atoms with van der Waals surface area (Å²) >= 11 is 0. The van der Waals surface area contributed by atoms with E-state index in [2.05, 4.69) is 41.1 Å². The van der Waals surface area contributed by atoms with Crippen LogP contribution < -0.4 is 25.5 Å². The van der Waals surface area contributed by atoms with E-state index in [-0.39, 0.29) is 12.4 Å². The third kappa shape index (κ3) is 7.26. The van der Waals surface area contributed by atoms with Gasteiger partial charge in [-0.25, -0.2) is 14.4 Å². The minimum absolute atomic E-state index is 0.0615. The number of primary amides is 1. The van der Waals surface area contributed by atoms with Gasteiger partial charge in [0.15, 0.2) is 11.5 Å². The minimum atomic E-state index is -0.509. The Bertz CT molecular complexity index is 1330. The molecule has 0 unspecified atom stereocenters. The standard InChI is InChI=1S/C28H36FN7O3/c1-19(2)14-34(3)9-6-10-39-26-13-24-23(12-25(26)38-4)28(32-18-31-24)33-21-15-35(17-27(30)37)36(16-21)22-8-5-7-20(29)11-22/h5,7-8,11-13,15,18-19H,6,9-10,14,16-17H2,1-4H3,(H2,30,37)(H,31,32,33). The van der Waals surface area contributed by atoms with Crippen molar-refractivity contribution in [1.29, 1.82) is 0 Å². The second kappa shape index (κ2) is 12.6. The zero-order valence-electron chi connectivity index (χ0n) is 22.9. The number of ether oxygens (including phenoxy) is 2. The van der Waals surface area contributed by atoms with Gasteiger partial charge in [0.25, 0.3) is 0 Å². The number of methoxy groups -OCH3 is 1. The van der Waals surface area contributed by atoms with Gasteiger partial charge in [0, 0.05) is 30.7 Å². The second-order valence-electron chi connectivity index (χ2n) is 9.98. The van der Waals surface area contributed by atoms with Crippen molar-refractivity contribution in [2.75, 3.05) is 57.3 Å². The van der Waals surface area contributed by atoms with E-state index in [1.54, 1.807) is 35.5 Å². The van der Waals surface area contributed by atoms with Crippen LogP contribution in [0.15, 0.2) is 54.6 Å². The van der Waals surface area contributed by atoms with Crippen LogP contribution in [0, 0.1) is 11.7 Å². The van der Waals surface area contributed by atoms with Crippen molar-refractivity contribution < 1.29 is 18.7 Å². The molecular weight excluding hydrogens is 501 g/mol. The van der Waals surface area contributed by atoms with Crippen LogP contribution in [0.5, 0.6) is 11.5 Å². The van der Waals surface area contributed by atoms with Gasteiger partial charge in [-0.2, -0.15) is 0 Å². The van der Waals surface area contributed by atoms with Gasteiger partial charge in [0.2, 0.25) is 5.91 Å². The van der Waals surface area contributed by atoms with E-state index in [1.165, 1.54) is 18.5 Å². The Kier molecular flexibility index (Phi) is 9.03. The van der Waals surface area contributed by atoms with E-state index in [4.69, 9.17) is 15.2 Å². The smallest absolute Gasteiger partial charge is 0.239 e. The second-order valence-corrected chi connectivity index (χ2v) is 9.98. The molecule has 11 heteroatoms. The molecule has 0 atom stereocenters. The van der Waals surface area contributed by atoms with E-state index in [9.17, 15) is 9.18 Å². The number of nitrogens with one attached hydrogen (secondary N) is 1. The molecule has 1 aliphatic rings. The lowest BCUT2D eigenvalue weighted by Crippen LogP contribution is -2.41.